The van der Waals surface area contributed by atoms with Crippen LogP contribution in [0.1, 0.15) is 50.6 Å². The summed E-state index contributed by atoms with van der Waals surface area (Å²) in [6.07, 6.45) is 2.27. The van der Waals surface area contributed by atoms with Gasteiger partial charge in [0, 0.05) is 34.8 Å². The van der Waals surface area contributed by atoms with Crippen molar-refractivity contribution in [2.24, 2.45) is 5.10 Å². The summed E-state index contributed by atoms with van der Waals surface area (Å²) >= 11 is 3.39. The molecule has 7 heteroatoms. The SMILES string of the molecule is Cc1c(C(=O)N(C)c2ccccc2)oc2c1/C(=N/NC(=O)c1ccccc1Br)CCC2. The topological polar surface area (TPSA) is 74.9 Å². The van der Waals surface area contributed by atoms with Gasteiger partial charge >= 0.3 is 0 Å². The standard InChI is InChI=1S/C24H22BrN3O3/c1-15-21-19(26-27-23(29)17-11-6-7-12-18(17)25)13-8-14-20(21)31-22(15)24(30)28(2)16-9-4-3-5-10-16/h3-7,9-12H,8,13-14H2,1-2H3,(H,27,29)/b26-19+. The number of amides is 2. The molecule has 0 aliphatic heterocycles. The second kappa shape index (κ2) is 8.89. The minimum atomic E-state index is -0.298. The zero-order valence-electron chi connectivity index (χ0n) is 17.3. The predicted octanol–water partition coefficient (Wildman–Crippen LogP) is 5.10. The number of nitrogens with one attached hydrogen (secondary N) is 1. The van der Waals surface area contributed by atoms with E-state index in [9.17, 15) is 9.59 Å². The van der Waals surface area contributed by atoms with E-state index in [2.05, 4.69) is 26.5 Å². The molecule has 1 heterocycles. The van der Waals surface area contributed by atoms with Crippen molar-refractivity contribution in [3.63, 3.8) is 0 Å². The molecule has 1 aliphatic rings. The molecule has 0 fully saturated rings. The zero-order valence-corrected chi connectivity index (χ0v) is 18.9. The Morgan fingerprint density at radius 2 is 1.77 bits per heavy atom. The lowest BCUT2D eigenvalue weighted by molar-refractivity contribution is 0.0950. The van der Waals surface area contributed by atoms with Crippen LogP contribution in [0, 0.1) is 6.92 Å². The van der Waals surface area contributed by atoms with E-state index in [4.69, 9.17) is 4.42 Å². The molecule has 0 saturated heterocycles. The Kier molecular flexibility index (Phi) is 6.04. The van der Waals surface area contributed by atoms with Gasteiger partial charge in [0.25, 0.3) is 11.8 Å². The summed E-state index contributed by atoms with van der Waals surface area (Å²) in [4.78, 5) is 27.2. The molecule has 2 aromatic carbocycles. The van der Waals surface area contributed by atoms with Gasteiger partial charge in [0.05, 0.1) is 11.3 Å². The van der Waals surface area contributed by atoms with E-state index < -0.39 is 0 Å². The number of benzene rings is 2. The highest BCUT2D eigenvalue weighted by Crippen LogP contribution is 2.31. The second-order valence-electron chi connectivity index (χ2n) is 7.39. The maximum Gasteiger partial charge on any atom is 0.294 e. The molecule has 4 rings (SSSR count). The van der Waals surface area contributed by atoms with Crippen molar-refractivity contribution in [3.05, 3.63) is 87.3 Å². The lowest BCUT2D eigenvalue weighted by Gasteiger charge is -2.16. The average molecular weight is 480 g/mol. The fraction of sp³-hybridized carbons (Fsp3) is 0.208. The first-order valence-corrected chi connectivity index (χ1v) is 10.8. The Labute approximate surface area is 189 Å². The monoisotopic (exact) mass is 479 g/mol. The van der Waals surface area contributed by atoms with Gasteiger partial charge in [0.2, 0.25) is 0 Å². The summed E-state index contributed by atoms with van der Waals surface area (Å²) in [5.74, 6) is 0.536. The molecule has 2 amide bonds. The van der Waals surface area contributed by atoms with Gasteiger partial charge in [-0.1, -0.05) is 30.3 Å². The first-order chi connectivity index (χ1) is 15.0. The number of fused-ring (bicyclic) bond motifs is 1. The smallest absolute Gasteiger partial charge is 0.294 e. The lowest BCUT2D eigenvalue weighted by atomic mass is 9.93. The van der Waals surface area contributed by atoms with Crippen LogP contribution in [0.25, 0.3) is 0 Å². The van der Waals surface area contributed by atoms with Crippen molar-refractivity contribution < 1.29 is 14.0 Å². The van der Waals surface area contributed by atoms with Crippen LogP contribution in [-0.4, -0.2) is 24.6 Å². The van der Waals surface area contributed by atoms with Gasteiger partial charge in [0.15, 0.2) is 5.76 Å². The molecule has 1 aliphatic carbocycles. The maximum atomic E-state index is 13.1. The Morgan fingerprint density at radius 3 is 2.52 bits per heavy atom. The third-order valence-electron chi connectivity index (χ3n) is 5.38. The van der Waals surface area contributed by atoms with Crippen molar-refractivity contribution in [2.75, 3.05) is 11.9 Å². The van der Waals surface area contributed by atoms with Crippen LogP contribution in [-0.2, 0) is 6.42 Å². The third kappa shape index (κ3) is 4.18. The number of furan rings is 1. The van der Waals surface area contributed by atoms with Gasteiger partial charge in [-0.15, -0.1) is 0 Å². The largest absolute Gasteiger partial charge is 0.455 e. The van der Waals surface area contributed by atoms with Gasteiger partial charge in [0.1, 0.15) is 5.76 Å². The summed E-state index contributed by atoms with van der Waals surface area (Å²) in [7, 11) is 1.73. The van der Waals surface area contributed by atoms with Crippen LogP contribution >= 0.6 is 15.9 Å². The van der Waals surface area contributed by atoms with Gasteiger partial charge in [-0.3, -0.25) is 9.59 Å². The van der Waals surface area contributed by atoms with Crippen molar-refractivity contribution in [1.29, 1.82) is 0 Å². The van der Waals surface area contributed by atoms with E-state index in [1.54, 1.807) is 24.1 Å². The number of hydrogen-bond donors (Lipinski definition) is 1. The highest BCUT2D eigenvalue weighted by Gasteiger charge is 2.29. The normalized spacial score (nSPS) is 14.2. The van der Waals surface area contributed by atoms with Crippen LogP contribution in [0.4, 0.5) is 5.69 Å². The van der Waals surface area contributed by atoms with E-state index in [1.807, 2.05) is 49.4 Å². The first kappa shape index (κ1) is 21.1. The number of hydrogen-bond acceptors (Lipinski definition) is 4. The van der Waals surface area contributed by atoms with Gasteiger partial charge in [-0.2, -0.15) is 5.10 Å². The van der Waals surface area contributed by atoms with Gasteiger partial charge in [-0.25, -0.2) is 5.43 Å². The second-order valence-corrected chi connectivity index (χ2v) is 8.24. The zero-order chi connectivity index (χ0) is 22.0. The third-order valence-corrected chi connectivity index (χ3v) is 6.07. The molecule has 0 radical (unpaired) electrons. The molecule has 6 nitrogen and oxygen atoms in total. The maximum absolute atomic E-state index is 13.1. The molecule has 0 bridgehead atoms. The number of anilines is 1. The van der Waals surface area contributed by atoms with E-state index in [1.165, 1.54) is 0 Å². The molecule has 1 aromatic heterocycles. The Morgan fingerprint density at radius 1 is 1.06 bits per heavy atom. The van der Waals surface area contributed by atoms with Crippen molar-refractivity contribution >= 4 is 39.1 Å². The van der Waals surface area contributed by atoms with Gasteiger partial charge in [-0.05, 0) is 60.0 Å². The molecular weight excluding hydrogens is 458 g/mol. The van der Waals surface area contributed by atoms with Gasteiger partial charge < -0.3 is 9.32 Å². The molecular formula is C24H22BrN3O3. The first-order valence-electron chi connectivity index (χ1n) is 10.0. The summed E-state index contributed by atoms with van der Waals surface area (Å²) in [6, 6.07) is 16.6. The van der Waals surface area contributed by atoms with Crippen molar-refractivity contribution in [2.45, 2.75) is 26.2 Å². The molecule has 0 atom stereocenters. The van der Waals surface area contributed by atoms with Crippen molar-refractivity contribution in [3.8, 4) is 0 Å². The lowest BCUT2D eigenvalue weighted by Crippen LogP contribution is -2.26. The Balaban J connectivity index is 1.61. The van der Waals surface area contributed by atoms with Crippen LogP contribution in [0.2, 0.25) is 0 Å². The summed E-state index contributed by atoms with van der Waals surface area (Å²) in [5, 5.41) is 4.39. The minimum Gasteiger partial charge on any atom is -0.455 e. The Hall–Kier alpha value is -3.19. The summed E-state index contributed by atoms with van der Waals surface area (Å²) < 4.78 is 6.69. The predicted molar refractivity (Wildman–Crippen MR) is 124 cm³/mol. The van der Waals surface area contributed by atoms with Crippen LogP contribution < -0.4 is 10.3 Å². The highest BCUT2D eigenvalue weighted by atomic mass is 79.9. The van der Waals surface area contributed by atoms with E-state index >= 15 is 0 Å². The Bertz CT molecular complexity index is 1170. The molecule has 158 valence electrons. The molecule has 0 unspecified atom stereocenters. The minimum absolute atomic E-state index is 0.213. The quantitative estimate of drug-likeness (QED) is 0.529. The number of carbonyl (C=O) groups is 2. The van der Waals surface area contributed by atoms with Crippen LogP contribution in [0.15, 0.2) is 68.6 Å². The number of para-hydroxylation sites is 1. The number of nitrogens with zero attached hydrogens (tertiary/aromatic N) is 2. The van der Waals surface area contributed by atoms with Crippen LogP contribution in [0.3, 0.4) is 0 Å². The molecule has 1 N–H and O–H groups in total. The van der Waals surface area contributed by atoms with E-state index in [0.29, 0.717) is 22.2 Å². The molecule has 0 spiro atoms. The number of hydrazone groups is 1. The summed E-state index contributed by atoms with van der Waals surface area (Å²) in [5.41, 5.74) is 6.24. The summed E-state index contributed by atoms with van der Waals surface area (Å²) in [6.45, 7) is 1.87. The average Bonchev–Trinajstić information content (AvgIpc) is 3.14. The van der Waals surface area contributed by atoms with E-state index in [0.717, 1.165) is 41.1 Å². The number of carbonyl (C=O) groups excluding carboxylic acids is 2. The fourth-order valence-corrected chi connectivity index (χ4v) is 4.19. The number of aryl methyl sites for hydroxylation is 1. The number of rotatable bonds is 4. The van der Waals surface area contributed by atoms with Crippen LogP contribution in [0.5, 0.6) is 0 Å². The van der Waals surface area contributed by atoms with Crippen molar-refractivity contribution in [1.82, 2.24) is 5.43 Å². The number of halogens is 1. The molecule has 31 heavy (non-hydrogen) atoms. The molecule has 3 aromatic rings. The fourth-order valence-electron chi connectivity index (χ4n) is 3.73. The van der Waals surface area contributed by atoms with E-state index in [-0.39, 0.29) is 11.8 Å². The highest BCUT2D eigenvalue weighted by molar-refractivity contribution is 9.10. The molecule has 0 saturated carbocycles.